The maximum atomic E-state index is 13.1. The minimum atomic E-state index is -4.45. The van der Waals surface area contributed by atoms with Crippen LogP contribution in [0.25, 0.3) is 11.3 Å². The number of alkyl halides is 3. The molecule has 0 radical (unpaired) electrons. The molecule has 0 spiro atoms. The van der Waals surface area contributed by atoms with Gasteiger partial charge in [0.15, 0.2) is 5.13 Å². The zero-order chi connectivity index (χ0) is 17.3. The van der Waals surface area contributed by atoms with E-state index in [2.05, 4.69) is 10.3 Å². The van der Waals surface area contributed by atoms with Gasteiger partial charge < -0.3 is 11.1 Å². The number of benzene rings is 1. The Labute approximate surface area is 140 Å². The number of nitrogens with two attached hydrogens (primary N) is 1. The fourth-order valence-electron chi connectivity index (χ4n) is 2.87. The molecule has 1 saturated carbocycles. The van der Waals surface area contributed by atoms with Crippen molar-refractivity contribution < 1.29 is 18.0 Å². The Hall–Kier alpha value is -1.93. The molecule has 24 heavy (non-hydrogen) atoms. The lowest BCUT2D eigenvalue weighted by Crippen LogP contribution is -2.23. The summed E-state index contributed by atoms with van der Waals surface area (Å²) in [5, 5.41) is 4.50. The van der Waals surface area contributed by atoms with E-state index in [9.17, 15) is 18.0 Å². The highest BCUT2D eigenvalue weighted by atomic mass is 32.1. The summed E-state index contributed by atoms with van der Waals surface area (Å²) < 4.78 is 39.3. The van der Waals surface area contributed by atoms with Gasteiger partial charge in [-0.2, -0.15) is 13.2 Å². The monoisotopic (exact) mass is 355 g/mol. The van der Waals surface area contributed by atoms with Gasteiger partial charge in [-0.05, 0) is 25.3 Å². The third kappa shape index (κ3) is 3.59. The Morgan fingerprint density at radius 1 is 1.29 bits per heavy atom. The number of halogens is 3. The first-order valence-corrected chi connectivity index (χ1v) is 8.41. The smallest absolute Gasteiger partial charge is 0.328 e. The van der Waals surface area contributed by atoms with E-state index >= 15 is 0 Å². The minimum absolute atomic E-state index is 0.00429. The fourth-order valence-corrected chi connectivity index (χ4v) is 3.58. The quantitative estimate of drug-likeness (QED) is 0.878. The van der Waals surface area contributed by atoms with E-state index in [-0.39, 0.29) is 29.1 Å². The molecule has 3 rings (SSSR count). The third-order valence-corrected chi connectivity index (χ3v) is 4.84. The van der Waals surface area contributed by atoms with Crippen molar-refractivity contribution in [3.05, 3.63) is 35.2 Å². The first-order valence-electron chi connectivity index (χ1n) is 7.53. The Morgan fingerprint density at radius 2 is 2.04 bits per heavy atom. The predicted octanol–water partition coefficient (Wildman–Crippen LogP) is 3.89. The van der Waals surface area contributed by atoms with Crippen molar-refractivity contribution in [2.24, 2.45) is 11.7 Å². The maximum absolute atomic E-state index is 13.1. The molecule has 128 valence electrons. The van der Waals surface area contributed by atoms with Crippen molar-refractivity contribution in [1.29, 1.82) is 0 Å². The summed E-state index contributed by atoms with van der Waals surface area (Å²) in [7, 11) is 0. The molecule has 1 aromatic heterocycles. The second kappa shape index (κ2) is 6.52. The molecule has 2 aromatic rings. The van der Waals surface area contributed by atoms with Crippen LogP contribution in [0.3, 0.4) is 0 Å². The molecule has 0 aliphatic heterocycles. The van der Waals surface area contributed by atoms with Crippen LogP contribution in [0.2, 0.25) is 0 Å². The van der Waals surface area contributed by atoms with Crippen molar-refractivity contribution in [2.75, 3.05) is 5.32 Å². The van der Waals surface area contributed by atoms with Crippen LogP contribution < -0.4 is 11.1 Å². The molecule has 1 amide bonds. The van der Waals surface area contributed by atoms with Crippen molar-refractivity contribution in [1.82, 2.24) is 4.98 Å². The molecule has 2 unspecified atom stereocenters. The maximum Gasteiger partial charge on any atom is 0.417 e. The second-order valence-electron chi connectivity index (χ2n) is 5.84. The highest BCUT2D eigenvalue weighted by Crippen LogP contribution is 2.37. The fraction of sp³-hybridized carbons (Fsp3) is 0.375. The van der Waals surface area contributed by atoms with E-state index in [1.54, 1.807) is 0 Å². The average molecular weight is 355 g/mol. The van der Waals surface area contributed by atoms with Crippen LogP contribution in [-0.2, 0) is 11.0 Å². The van der Waals surface area contributed by atoms with Gasteiger partial charge in [-0.15, -0.1) is 11.3 Å². The zero-order valence-electron chi connectivity index (χ0n) is 12.6. The van der Waals surface area contributed by atoms with E-state index < -0.39 is 11.7 Å². The average Bonchev–Trinajstić information content (AvgIpc) is 3.15. The largest absolute Gasteiger partial charge is 0.417 e. The molecule has 8 heteroatoms. The van der Waals surface area contributed by atoms with Crippen LogP contribution in [0.4, 0.5) is 18.3 Å². The van der Waals surface area contributed by atoms with Crippen molar-refractivity contribution in [3.63, 3.8) is 0 Å². The molecular weight excluding hydrogens is 339 g/mol. The van der Waals surface area contributed by atoms with Gasteiger partial charge in [0.05, 0.1) is 11.3 Å². The number of hydrogen-bond acceptors (Lipinski definition) is 4. The normalized spacial score (nSPS) is 21.0. The van der Waals surface area contributed by atoms with E-state index in [0.29, 0.717) is 11.6 Å². The van der Waals surface area contributed by atoms with Crippen LogP contribution in [0.1, 0.15) is 24.8 Å². The number of hydrogen-bond donors (Lipinski definition) is 2. The van der Waals surface area contributed by atoms with Crippen LogP contribution >= 0.6 is 11.3 Å². The van der Waals surface area contributed by atoms with Crippen molar-refractivity contribution in [2.45, 2.75) is 31.5 Å². The molecular formula is C16H16F3N3OS. The second-order valence-corrected chi connectivity index (χ2v) is 6.70. The summed E-state index contributed by atoms with van der Waals surface area (Å²) >= 11 is 1.11. The number of nitrogens with one attached hydrogen (secondary N) is 1. The number of aromatic nitrogens is 1. The van der Waals surface area contributed by atoms with Gasteiger partial charge in [0.1, 0.15) is 0 Å². The Kier molecular flexibility index (Phi) is 4.60. The van der Waals surface area contributed by atoms with Gasteiger partial charge >= 0.3 is 6.18 Å². The summed E-state index contributed by atoms with van der Waals surface area (Å²) in [5.74, 6) is -0.331. The number of carbonyl (C=O) groups excluding carboxylic acids is 1. The number of nitrogens with zero attached hydrogens (tertiary/aromatic N) is 1. The molecule has 2 atom stereocenters. The molecule has 3 N–H and O–H groups in total. The first-order chi connectivity index (χ1) is 11.3. The van der Waals surface area contributed by atoms with Gasteiger partial charge in [-0.3, -0.25) is 4.79 Å². The SMILES string of the molecule is NC1CCC(C(=O)Nc2nc(-c3ccccc3C(F)(F)F)cs2)C1. The van der Waals surface area contributed by atoms with Crippen LogP contribution in [0.5, 0.6) is 0 Å². The Morgan fingerprint density at radius 3 is 2.71 bits per heavy atom. The van der Waals surface area contributed by atoms with Crippen LogP contribution in [-0.4, -0.2) is 16.9 Å². The van der Waals surface area contributed by atoms with Crippen molar-refractivity contribution in [3.8, 4) is 11.3 Å². The minimum Gasteiger partial charge on any atom is -0.328 e. The first kappa shape index (κ1) is 16.9. The van der Waals surface area contributed by atoms with Gasteiger partial charge in [0, 0.05) is 22.9 Å². The molecule has 1 aromatic carbocycles. The Bertz CT molecular complexity index is 744. The van der Waals surface area contributed by atoms with Gasteiger partial charge in [-0.1, -0.05) is 18.2 Å². The predicted molar refractivity (Wildman–Crippen MR) is 86.5 cm³/mol. The van der Waals surface area contributed by atoms with Gasteiger partial charge in [0.2, 0.25) is 5.91 Å². The highest BCUT2D eigenvalue weighted by molar-refractivity contribution is 7.14. The zero-order valence-corrected chi connectivity index (χ0v) is 13.5. The molecule has 1 fully saturated rings. The molecule has 4 nitrogen and oxygen atoms in total. The topological polar surface area (TPSA) is 68.0 Å². The number of amides is 1. The molecule has 1 aliphatic rings. The summed E-state index contributed by atoms with van der Waals surface area (Å²) in [5.41, 5.74) is 5.26. The Balaban J connectivity index is 1.78. The lowest BCUT2D eigenvalue weighted by molar-refractivity contribution is -0.137. The van der Waals surface area contributed by atoms with Crippen molar-refractivity contribution >= 4 is 22.4 Å². The highest BCUT2D eigenvalue weighted by Gasteiger charge is 2.34. The molecule has 0 saturated heterocycles. The van der Waals surface area contributed by atoms with E-state index in [0.717, 1.165) is 30.2 Å². The lowest BCUT2D eigenvalue weighted by atomic mass is 10.1. The van der Waals surface area contributed by atoms with E-state index in [4.69, 9.17) is 5.73 Å². The van der Waals surface area contributed by atoms with E-state index in [1.165, 1.54) is 23.6 Å². The molecule has 0 bridgehead atoms. The number of anilines is 1. The van der Waals surface area contributed by atoms with E-state index in [1.807, 2.05) is 0 Å². The third-order valence-electron chi connectivity index (χ3n) is 4.09. The standard InChI is InChI=1S/C16H16F3N3OS/c17-16(18,19)12-4-2-1-3-11(12)13-8-24-15(21-13)22-14(23)9-5-6-10(20)7-9/h1-4,8-10H,5-7,20H2,(H,21,22,23). The lowest BCUT2D eigenvalue weighted by Gasteiger charge is -2.11. The van der Waals surface area contributed by atoms with Gasteiger partial charge in [-0.25, -0.2) is 4.98 Å². The summed E-state index contributed by atoms with van der Waals surface area (Å²) in [6, 6.07) is 5.30. The molecule has 1 aliphatic carbocycles. The molecule has 1 heterocycles. The van der Waals surface area contributed by atoms with Crippen LogP contribution in [0, 0.1) is 5.92 Å². The summed E-state index contributed by atoms with van der Waals surface area (Å²) in [4.78, 5) is 16.3. The number of thiazole rings is 1. The van der Waals surface area contributed by atoms with Crippen LogP contribution in [0.15, 0.2) is 29.6 Å². The number of carbonyl (C=O) groups is 1. The van der Waals surface area contributed by atoms with Gasteiger partial charge in [0.25, 0.3) is 0 Å². The summed E-state index contributed by atoms with van der Waals surface area (Å²) in [6.45, 7) is 0. The number of rotatable bonds is 3. The summed E-state index contributed by atoms with van der Waals surface area (Å²) in [6.07, 6.45) is -2.30.